The summed E-state index contributed by atoms with van der Waals surface area (Å²) in [6.45, 7) is 0. The van der Waals surface area contributed by atoms with Gasteiger partial charge in [-0.2, -0.15) is 5.10 Å². The van der Waals surface area contributed by atoms with Crippen LogP contribution in [-0.4, -0.2) is 16.1 Å². The third kappa shape index (κ3) is 3.11. The highest BCUT2D eigenvalue weighted by Gasteiger charge is 2.04. The van der Waals surface area contributed by atoms with Crippen LogP contribution in [0.25, 0.3) is 0 Å². The SMILES string of the molecule is O=[N+]([O-])c1cccc(N/N=C\c2ccncc2)c1. The Morgan fingerprint density at radius 1 is 1.28 bits per heavy atom. The molecule has 1 aromatic heterocycles. The van der Waals surface area contributed by atoms with Gasteiger partial charge in [-0.05, 0) is 23.8 Å². The normalized spacial score (nSPS) is 10.4. The minimum atomic E-state index is -0.447. The second kappa shape index (κ2) is 5.53. The lowest BCUT2D eigenvalue weighted by Gasteiger charge is -1.99. The van der Waals surface area contributed by atoms with Gasteiger partial charge in [0.05, 0.1) is 16.8 Å². The molecule has 0 unspecified atom stereocenters. The highest BCUT2D eigenvalue weighted by Crippen LogP contribution is 2.16. The fourth-order valence-corrected chi connectivity index (χ4v) is 1.32. The van der Waals surface area contributed by atoms with E-state index in [1.54, 1.807) is 42.9 Å². The zero-order valence-electron chi connectivity index (χ0n) is 9.35. The van der Waals surface area contributed by atoms with Gasteiger partial charge in [-0.3, -0.25) is 20.5 Å². The lowest BCUT2D eigenvalue weighted by Crippen LogP contribution is -1.93. The molecule has 0 aliphatic rings. The monoisotopic (exact) mass is 242 g/mol. The van der Waals surface area contributed by atoms with Crippen molar-refractivity contribution >= 4 is 17.6 Å². The molecular formula is C12H10N4O2. The number of rotatable bonds is 4. The number of hydrazone groups is 1. The highest BCUT2D eigenvalue weighted by molar-refractivity contribution is 5.79. The lowest BCUT2D eigenvalue weighted by molar-refractivity contribution is -0.384. The van der Waals surface area contributed by atoms with Crippen molar-refractivity contribution in [3.05, 3.63) is 64.5 Å². The maximum absolute atomic E-state index is 10.6. The summed E-state index contributed by atoms with van der Waals surface area (Å²) in [5.41, 5.74) is 4.22. The molecule has 0 spiro atoms. The molecule has 0 fully saturated rings. The van der Waals surface area contributed by atoms with E-state index in [1.165, 1.54) is 12.1 Å². The quantitative estimate of drug-likeness (QED) is 0.507. The van der Waals surface area contributed by atoms with Gasteiger partial charge in [0, 0.05) is 24.5 Å². The van der Waals surface area contributed by atoms with Gasteiger partial charge in [0.25, 0.3) is 5.69 Å². The smallest absolute Gasteiger partial charge is 0.271 e. The van der Waals surface area contributed by atoms with Gasteiger partial charge in [0.2, 0.25) is 0 Å². The largest absolute Gasteiger partial charge is 0.278 e. The highest BCUT2D eigenvalue weighted by atomic mass is 16.6. The van der Waals surface area contributed by atoms with Gasteiger partial charge in [-0.15, -0.1) is 0 Å². The Balaban J connectivity index is 2.04. The molecule has 2 rings (SSSR count). The van der Waals surface area contributed by atoms with Crippen LogP contribution in [0.5, 0.6) is 0 Å². The minimum absolute atomic E-state index is 0.0270. The predicted molar refractivity (Wildman–Crippen MR) is 68.6 cm³/mol. The van der Waals surface area contributed by atoms with Crippen molar-refractivity contribution in [3.63, 3.8) is 0 Å². The van der Waals surface area contributed by atoms with Crippen LogP contribution in [0.15, 0.2) is 53.9 Å². The molecule has 0 aliphatic heterocycles. The number of nitrogens with zero attached hydrogens (tertiary/aromatic N) is 3. The van der Waals surface area contributed by atoms with Crippen LogP contribution in [0.3, 0.4) is 0 Å². The number of non-ortho nitro benzene ring substituents is 1. The number of nitro groups is 1. The summed E-state index contributed by atoms with van der Waals surface area (Å²) in [6.07, 6.45) is 4.93. The summed E-state index contributed by atoms with van der Waals surface area (Å²) < 4.78 is 0. The van der Waals surface area contributed by atoms with E-state index in [2.05, 4.69) is 15.5 Å². The molecule has 2 aromatic rings. The minimum Gasteiger partial charge on any atom is -0.278 e. The average Bonchev–Trinajstić information content (AvgIpc) is 2.40. The van der Waals surface area contributed by atoms with Crippen molar-refractivity contribution in [1.29, 1.82) is 0 Å². The van der Waals surface area contributed by atoms with E-state index in [0.717, 1.165) is 5.56 Å². The molecule has 90 valence electrons. The van der Waals surface area contributed by atoms with E-state index in [0.29, 0.717) is 5.69 Å². The molecule has 6 heteroatoms. The molecule has 0 bridgehead atoms. The fraction of sp³-hybridized carbons (Fsp3) is 0. The van der Waals surface area contributed by atoms with E-state index in [-0.39, 0.29) is 5.69 Å². The first-order valence-corrected chi connectivity index (χ1v) is 5.19. The third-order valence-corrected chi connectivity index (χ3v) is 2.17. The van der Waals surface area contributed by atoms with Gasteiger partial charge in [0.15, 0.2) is 0 Å². The van der Waals surface area contributed by atoms with Crippen molar-refractivity contribution in [2.45, 2.75) is 0 Å². The Kier molecular flexibility index (Phi) is 3.60. The summed E-state index contributed by atoms with van der Waals surface area (Å²) in [7, 11) is 0. The first kappa shape index (κ1) is 11.7. The standard InChI is InChI=1S/C12H10N4O2/c17-16(18)12-3-1-2-11(8-12)15-14-9-10-4-6-13-7-5-10/h1-9,15H/b14-9-. The summed E-state index contributed by atoms with van der Waals surface area (Å²) in [4.78, 5) is 14.0. The molecule has 0 radical (unpaired) electrons. The van der Waals surface area contributed by atoms with E-state index in [9.17, 15) is 10.1 Å². The fourth-order valence-electron chi connectivity index (χ4n) is 1.32. The van der Waals surface area contributed by atoms with E-state index in [1.807, 2.05) is 0 Å². The van der Waals surface area contributed by atoms with Crippen LogP contribution in [0, 0.1) is 10.1 Å². The molecular weight excluding hydrogens is 232 g/mol. The Morgan fingerprint density at radius 2 is 2.06 bits per heavy atom. The molecule has 0 amide bonds. The summed E-state index contributed by atoms with van der Waals surface area (Å²) in [5, 5.41) is 14.6. The molecule has 1 aromatic carbocycles. The summed E-state index contributed by atoms with van der Waals surface area (Å²) in [6, 6.07) is 9.76. The molecule has 6 nitrogen and oxygen atoms in total. The van der Waals surface area contributed by atoms with E-state index < -0.39 is 4.92 Å². The van der Waals surface area contributed by atoms with Crippen LogP contribution < -0.4 is 5.43 Å². The lowest BCUT2D eigenvalue weighted by atomic mass is 10.3. The molecule has 18 heavy (non-hydrogen) atoms. The molecule has 0 saturated heterocycles. The van der Waals surface area contributed by atoms with Crippen LogP contribution in [0.1, 0.15) is 5.56 Å². The molecule has 1 N–H and O–H groups in total. The number of aromatic nitrogens is 1. The maximum Gasteiger partial charge on any atom is 0.271 e. The van der Waals surface area contributed by atoms with Gasteiger partial charge in [-0.1, -0.05) is 6.07 Å². The van der Waals surface area contributed by atoms with Crippen molar-refractivity contribution in [2.24, 2.45) is 5.10 Å². The van der Waals surface area contributed by atoms with Gasteiger partial charge in [0.1, 0.15) is 0 Å². The first-order chi connectivity index (χ1) is 8.75. The Bertz CT molecular complexity index is 569. The molecule has 0 aliphatic carbocycles. The number of anilines is 1. The number of pyridine rings is 1. The zero-order valence-corrected chi connectivity index (χ0v) is 9.35. The second-order valence-electron chi connectivity index (χ2n) is 3.46. The number of hydrogen-bond acceptors (Lipinski definition) is 5. The molecule has 1 heterocycles. The van der Waals surface area contributed by atoms with Crippen molar-refractivity contribution in [3.8, 4) is 0 Å². The van der Waals surface area contributed by atoms with Crippen LogP contribution in [0.2, 0.25) is 0 Å². The molecule has 0 saturated carbocycles. The number of hydrogen-bond donors (Lipinski definition) is 1. The first-order valence-electron chi connectivity index (χ1n) is 5.19. The van der Waals surface area contributed by atoms with Crippen LogP contribution >= 0.6 is 0 Å². The maximum atomic E-state index is 10.6. The predicted octanol–water partition coefficient (Wildman–Crippen LogP) is 2.44. The van der Waals surface area contributed by atoms with Crippen molar-refractivity contribution in [2.75, 3.05) is 5.43 Å². The Labute approximate surface area is 103 Å². The van der Waals surface area contributed by atoms with Gasteiger partial charge >= 0.3 is 0 Å². The average molecular weight is 242 g/mol. The van der Waals surface area contributed by atoms with Crippen molar-refractivity contribution < 1.29 is 4.92 Å². The van der Waals surface area contributed by atoms with Crippen molar-refractivity contribution in [1.82, 2.24) is 4.98 Å². The summed E-state index contributed by atoms with van der Waals surface area (Å²) >= 11 is 0. The summed E-state index contributed by atoms with van der Waals surface area (Å²) in [5.74, 6) is 0. The van der Waals surface area contributed by atoms with E-state index >= 15 is 0 Å². The number of benzene rings is 1. The van der Waals surface area contributed by atoms with E-state index in [4.69, 9.17) is 0 Å². The number of nitrogens with one attached hydrogen (secondary N) is 1. The molecule has 0 atom stereocenters. The Hall–Kier alpha value is -2.76. The third-order valence-electron chi connectivity index (χ3n) is 2.17. The number of nitro benzene ring substituents is 1. The van der Waals surface area contributed by atoms with Crippen LogP contribution in [0.4, 0.5) is 11.4 Å². The topological polar surface area (TPSA) is 80.4 Å². The Morgan fingerprint density at radius 3 is 2.78 bits per heavy atom. The second-order valence-corrected chi connectivity index (χ2v) is 3.46. The zero-order chi connectivity index (χ0) is 12.8. The van der Waals surface area contributed by atoms with Crippen LogP contribution in [-0.2, 0) is 0 Å². The van der Waals surface area contributed by atoms with Gasteiger partial charge in [-0.25, -0.2) is 0 Å². The van der Waals surface area contributed by atoms with Gasteiger partial charge < -0.3 is 0 Å².